The molecule has 2 fully saturated rings. The number of hydrogen-bond donors (Lipinski definition) is 3. The minimum atomic E-state index is -0.634. The summed E-state index contributed by atoms with van der Waals surface area (Å²) < 4.78 is 8.15. The number of imidazole rings is 2. The van der Waals surface area contributed by atoms with Crippen LogP contribution in [-0.4, -0.2) is 70.3 Å². The molecule has 10 nitrogen and oxygen atoms in total. The third-order valence-corrected chi connectivity index (χ3v) is 8.77. The van der Waals surface area contributed by atoms with E-state index in [-0.39, 0.29) is 11.5 Å². The summed E-state index contributed by atoms with van der Waals surface area (Å²) in [5.74, 6) is 2.12. The lowest BCUT2D eigenvalue weighted by Crippen LogP contribution is -2.50. The van der Waals surface area contributed by atoms with E-state index in [1.54, 1.807) is 10.9 Å². The number of aromatic nitrogens is 6. The normalized spacial score (nSPS) is 25.4. The molecule has 6 rings (SSSR count). The van der Waals surface area contributed by atoms with E-state index >= 15 is 0 Å². The number of nitrogen functional groups attached to an aromatic ring is 1. The average Bonchev–Trinajstić information content (AvgIpc) is 3.57. The fourth-order valence-electron chi connectivity index (χ4n) is 6.36. The van der Waals surface area contributed by atoms with Crippen molar-refractivity contribution in [3.63, 3.8) is 0 Å². The number of nitrogens with two attached hydrogens (primary N) is 1. The van der Waals surface area contributed by atoms with Crippen molar-refractivity contribution in [2.24, 2.45) is 5.92 Å². The van der Waals surface area contributed by atoms with Gasteiger partial charge in [0.15, 0.2) is 17.7 Å². The fraction of sp³-hybridized carbons (Fsp3) is 0.600. The average molecular weight is 547 g/mol. The van der Waals surface area contributed by atoms with Gasteiger partial charge in [-0.2, -0.15) is 0 Å². The van der Waals surface area contributed by atoms with Crippen LogP contribution in [0.3, 0.4) is 0 Å². The zero-order chi connectivity index (χ0) is 28.2. The highest BCUT2D eigenvalue weighted by molar-refractivity contribution is 5.81. The van der Waals surface area contributed by atoms with Gasteiger partial charge in [0.25, 0.3) is 0 Å². The second-order valence-electron chi connectivity index (χ2n) is 13.0. The number of aliphatic hydroxyl groups excluding tert-OH is 1. The first-order valence-corrected chi connectivity index (χ1v) is 14.6. The van der Waals surface area contributed by atoms with Gasteiger partial charge >= 0.3 is 0 Å². The van der Waals surface area contributed by atoms with Crippen molar-refractivity contribution in [2.45, 2.75) is 103 Å². The van der Waals surface area contributed by atoms with Gasteiger partial charge in [-0.3, -0.25) is 9.47 Å². The van der Waals surface area contributed by atoms with Gasteiger partial charge in [0.2, 0.25) is 0 Å². The molecule has 1 aromatic carbocycles. The number of nitrogens with zero attached hydrogens (tertiary/aromatic N) is 6. The van der Waals surface area contributed by atoms with Gasteiger partial charge in [0, 0.05) is 31.5 Å². The molecule has 1 saturated carbocycles. The van der Waals surface area contributed by atoms with Gasteiger partial charge in [0.1, 0.15) is 23.8 Å². The van der Waals surface area contributed by atoms with Crippen LogP contribution in [0.4, 0.5) is 5.82 Å². The molecule has 1 saturated heterocycles. The Bertz CT molecular complexity index is 1480. The summed E-state index contributed by atoms with van der Waals surface area (Å²) in [5.41, 5.74) is 10.7. The summed E-state index contributed by atoms with van der Waals surface area (Å²) >= 11 is 0. The maximum atomic E-state index is 10.9. The first kappa shape index (κ1) is 27.1. The van der Waals surface area contributed by atoms with Crippen LogP contribution in [0, 0.1) is 5.92 Å². The van der Waals surface area contributed by atoms with Crippen LogP contribution >= 0.6 is 0 Å². The summed E-state index contributed by atoms with van der Waals surface area (Å²) in [6.07, 6.45) is 6.90. The maximum Gasteiger partial charge on any atom is 0.167 e. The molecule has 0 spiro atoms. The van der Waals surface area contributed by atoms with E-state index in [9.17, 15) is 5.11 Å². The van der Waals surface area contributed by atoms with Crippen molar-refractivity contribution in [1.29, 1.82) is 0 Å². The summed E-state index contributed by atoms with van der Waals surface area (Å²) in [4.78, 5) is 23.7. The predicted molar refractivity (Wildman–Crippen MR) is 156 cm³/mol. The third kappa shape index (κ3) is 5.20. The number of nitrogens with one attached hydrogen (secondary N) is 1. The standard InChI is InChI=1S/C30H42N8O2/c1-17(2)37(14-21-13-24(39)29(40-21)38-16-34-26-27(31)32-15-33-28(26)38)20-10-18(11-20)6-9-25-35-22-8-7-19(30(3,4)5)12-23(22)36-25/h7-8,12,15-18,20-21,24,29,39H,6,9-11,13-14H2,1-5H3,(H,35,36)(H2,31,32,33)/t18-,20+,21-,24+,29+/m0/s1. The minimum absolute atomic E-state index is 0.0633. The molecular formula is C30H42N8O2. The smallest absolute Gasteiger partial charge is 0.167 e. The maximum absolute atomic E-state index is 10.9. The monoisotopic (exact) mass is 546 g/mol. The highest BCUT2D eigenvalue weighted by Gasteiger charge is 2.40. The molecule has 3 aromatic heterocycles. The van der Waals surface area contributed by atoms with E-state index in [1.165, 1.54) is 24.7 Å². The van der Waals surface area contributed by atoms with E-state index in [0.29, 0.717) is 41.4 Å². The highest BCUT2D eigenvalue weighted by atomic mass is 16.5. The lowest BCUT2D eigenvalue weighted by molar-refractivity contribution is -0.0577. The zero-order valence-electron chi connectivity index (χ0n) is 24.2. The van der Waals surface area contributed by atoms with Crippen molar-refractivity contribution in [1.82, 2.24) is 34.4 Å². The quantitative estimate of drug-likeness (QED) is 0.297. The number of anilines is 1. The molecule has 214 valence electrons. The summed E-state index contributed by atoms with van der Waals surface area (Å²) in [6.45, 7) is 12.0. The molecule has 3 atom stereocenters. The number of aromatic amines is 1. The van der Waals surface area contributed by atoms with E-state index in [4.69, 9.17) is 15.5 Å². The zero-order valence-corrected chi connectivity index (χ0v) is 24.2. The molecule has 4 aromatic rings. The molecule has 0 bridgehead atoms. The Morgan fingerprint density at radius 3 is 2.73 bits per heavy atom. The first-order valence-electron chi connectivity index (χ1n) is 14.6. The number of aliphatic hydroxyl groups is 1. The summed E-state index contributed by atoms with van der Waals surface area (Å²) in [6, 6.07) is 7.53. The van der Waals surface area contributed by atoms with Gasteiger partial charge in [-0.05, 0) is 62.1 Å². The predicted octanol–water partition coefficient (Wildman–Crippen LogP) is 4.35. The number of H-pyrrole nitrogens is 1. The van der Waals surface area contributed by atoms with Gasteiger partial charge < -0.3 is 20.6 Å². The summed E-state index contributed by atoms with van der Waals surface area (Å²) in [5, 5.41) is 10.9. The molecule has 0 amide bonds. The molecular weight excluding hydrogens is 504 g/mol. The number of benzene rings is 1. The summed E-state index contributed by atoms with van der Waals surface area (Å²) in [7, 11) is 0. The van der Waals surface area contributed by atoms with Crippen LogP contribution in [-0.2, 0) is 16.6 Å². The minimum Gasteiger partial charge on any atom is -0.388 e. The number of aryl methyl sites for hydroxylation is 1. The van der Waals surface area contributed by atoms with Crippen molar-refractivity contribution in [3.05, 3.63) is 42.2 Å². The Hall–Kier alpha value is -3.08. The Morgan fingerprint density at radius 1 is 1.18 bits per heavy atom. The van der Waals surface area contributed by atoms with E-state index in [0.717, 1.165) is 36.2 Å². The second kappa shape index (κ2) is 10.4. The van der Waals surface area contributed by atoms with Gasteiger partial charge in [-0.25, -0.2) is 19.9 Å². The molecule has 4 heterocycles. The molecule has 1 aliphatic carbocycles. The van der Waals surface area contributed by atoms with Crippen LogP contribution in [0.25, 0.3) is 22.2 Å². The SMILES string of the molecule is CC(C)N(C[C@@H]1C[C@@H](O)[C@H](n2cnc3c(N)ncnc32)O1)[C@H]1C[C@@H](CCc2nc3cc(C(C)(C)C)ccc3[nH]2)C1. The lowest BCUT2D eigenvalue weighted by Gasteiger charge is -2.46. The van der Waals surface area contributed by atoms with Crippen molar-refractivity contribution in [3.8, 4) is 0 Å². The fourth-order valence-corrected chi connectivity index (χ4v) is 6.36. The number of ether oxygens (including phenoxy) is 1. The van der Waals surface area contributed by atoms with Gasteiger partial charge in [-0.1, -0.05) is 26.8 Å². The molecule has 1 aliphatic heterocycles. The molecule has 10 heteroatoms. The number of fused-ring (bicyclic) bond motifs is 2. The molecule has 2 aliphatic rings. The highest BCUT2D eigenvalue weighted by Crippen LogP contribution is 2.38. The molecule has 40 heavy (non-hydrogen) atoms. The van der Waals surface area contributed by atoms with E-state index in [1.807, 2.05) is 0 Å². The molecule has 0 radical (unpaired) electrons. The Labute approximate surface area is 235 Å². The largest absolute Gasteiger partial charge is 0.388 e. The molecule has 4 N–H and O–H groups in total. The lowest BCUT2D eigenvalue weighted by atomic mass is 9.76. The van der Waals surface area contributed by atoms with Crippen LogP contribution < -0.4 is 5.73 Å². The van der Waals surface area contributed by atoms with E-state index in [2.05, 4.69) is 77.7 Å². The number of hydrogen-bond acceptors (Lipinski definition) is 8. The number of rotatable bonds is 8. The van der Waals surface area contributed by atoms with E-state index < -0.39 is 12.3 Å². The van der Waals surface area contributed by atoms with Crippen LogP contribution in [0.5, 0.6) is 0 Å². The topological polar surface area (TPSA) is 131 Å². The van der Waals surface area contributed by atoms with Crippen molar-refractivity contribution in [2.75, 3.05) is 12.3 Å². The van der Waals surface area contributed by atoms with Crippen molar-refractivity contribution >= 4 is 28.0 Å². The first-order chi connectivity index (χ1) is 19.1. The van der Waals surface area contributed by atoms with Gasteiger partial charge in [0.05, 0.1) is 23.5 Å². The van der Waals surface area contributed by atoms with Crippen molar-refractivity contribution < 1.29 is 9.84 Å². The third-order valence-electron chi connectivity index (χ3n) is 8.77. The van der Waals surface area contributed by atoms with Crippen LogP contribution in [0.1, 0.15) is 77.9 Å². The van der Waals surface area contributed by atoms with Crippen LogP contribution in [0.15, 0.2) is 30.9 Å². The second-order valence-corrected chi connectivity index (χ2v) is 13.0. The Kier molecular flexibility index (Phi) is 7.04. The Morgan fingerprint density at radius 2 is 1.98 bits per heavy atom. The Balaban J connectivity index is 1.03. The van der Waals surface area contributed by atoms with Gasteiger partial charge in [-0.15, -0.1) is 0 Å². The van der Waals surface area contributed by atoms with Crippen LogP contribution in [0.2, 0.25) is 0 Å². The molecule has 0 unspecified atom stereocenters.